The van der Waals surface area contributed by atoms with Crippen LogP contribution in [0.5, 0.6) is 0 Å². The fraction of sp³-hybridized carbons (Fsp3) is 0.364. The van der Waals surface area contributed by atoms with Crippen LogP contribution in [0.4, 0.5) is 0 Å². The smallest absolute Gasteiger partial charge is 0.177 e. The lowest BCUT2D eigenvalue weighted by Gasteiger charge is -1.99. The van der Waals surface area contributed by atoms with Gasteiger partial charge in [0, 0.05) is 10.9 Å². The molecular weight excluding hydrogens is 260 g/mol. The van der Waals surface area contributed by atoms with Crippen molar-refractivity contribution in [3.8, 4) is 0 Å². The molecule has 74 valence electrons. The van der Waals surface area contributed by atoms with E-state index in [4.69, 9.17) is 0 Å². The van der Waals surface area contributed by atoms with E-state index >= 15 is 0 Å². The molecule has 1 nitrogen and oxygen atoms in total. The summed E-state index contributed by atoms with van der Waals surface area (Å²) in [5, 5.41) is 1.94. The summed E-state index contributed by atoms with van der Waals surface area (Å²) in [6, 6.07) is 1.93. The van der Waals surface area contributed by atoms with Gasteiger partial charge in [-0.25, -0.2) is 0 Å². The lowest BCUT2D eigenvalue weighted by atomic mass is 10.1. The zero-order chi connectivity index (χ0) is 9.97. The summed E-state index contributed by atoms with van der Waals surface area (Å²) in [4.78, 5) is 12.7. The number of allylic oxidation sites excluding steroid dienone is 2. The molecule has 0 saturated carbocycles. The Hall–Kier alpha value is -0.410. The molecule has 0 fully saturated rings. The minimum atomic E-state index is 0.250. The average Bonchev–Trinajstić information content (AvgIpc) is 2.75. The van der Waals surface area contributed by atoms with Crippen molar-refractivity contribution in [2.45, 2.75) is 25.7 Å². The van der Waals surface area contributed by atoms with Crippen LogP contribution >= 0.6 is 27.3 Å². The molecule has 2 rings (SSSR count). The van der Waals surface area contributed by atoms with Gasteiger partial charge in [-0.15, -0.1) is 11.3 Å². The topological polar surface area (TPSA) is 17.1 Å². The highest BCUT2D eigenvalue weighted by Gasteiger charge is 2.14. The van der Waals surface area contributed by atoms with Crippen molar-refractivity contribution in [2.75, 3.05) is 0 Å². The van der Waals surface area contributed by atoms with Crippen molar-refractivity contribution in [2.24, 2.45) is 0 Å². The van der Waals surface area contributed by atoms with Crippen LogP contribution < -0.4 is 0 Å². The van der Waals surface area contributed by atoms with E-state index in [0.717, 1.165) is 22.2 Å². The van der Waals surface area contributed by atoms with Gasteiger partial charge in [-0.3, -0.25) is 4.79 Å². The van der Waals surface area contributed by atoms with E-state index in [1.54, 1.807) is 0 Å². The molecule has 1 aromatic rings. The van der Waals surface area contributed by atoms with Gasteiger partial charge in [-0.05, 0) is 46.6 Å². The summed E-state index contributed by atoms with van der Waals surface area (Å²) in [7, 11) is 0. The van der Waals surface area contributed by atoms with Gasteiger partial charge >= 0.3 is 0 Å². The first-order valence-electron chi connectivity index (χ1n) is 4.71. The van der Waals surface area contributed by atoms with Crippen molar-refractivity contribution in [1.82, 2.24) is 0 Å². The number of hydrogen-bond donors (Lipinski definition) is 0. The maximum atomic E-state index is 11.8. The minimum absolute atomic E-state index is 0.250. The Morgan fingerprint density at radius 1 is 1.57 bits per heavy atom. The van der Waals surface area contributed by atoms with Crippen LogP contribution in [0.3, 0.4) is 0 Å². The minimum Gasteiger partial charge on any atom is -0.293 e. The number of carbonyl (C=O) groups excluding carboxylic acids is 1. The second kappa shape index (κ2) is 4.41. The van der Waals surface area contributed by atoms with Gasteiger partial charge in [-0.2, -0.15) is 0 Å². The molecule has 1 aliphatic rings. The van der Waals surface area contributed by atoms with Gasteiger partial charge in [0.1, 0.15) is 0 Å². The summed E-state index contributed by atoms with van der Waals surface area (Å²) in [5.74, 6) is 0.250. The Morgan fingerprint density at radius 2 is 2.43 bits per heavy atom. The predicted molar refractivity (Wildman–Crippen MR) is 62.9 cm³/mol. The van der Waals surface area contributed by atoms with Crippen LogP contribution in [-0.4, -0.2) is 5.78 Å². The third-order valence-corrected chi connectivity index (χ3v) is 4.27. The van der Waals surface area contributed by atoms with E-state index in [9.17, 15) is 4.79 Å². The molecule has 14 heavy (non-hydrogen) atoms. The van der Waals surface area contributed by atoms with Gasteiger partial charge in [-0.1, -0.05) is 11.6 Å². The zero-order valence-electron chi connectivity index (χ0n) is 7.75. The summed E-state index contributed by atoms with van der Waals surface area (Å²) in [6.45, 7) is 0. The van der Waals surface area contributed by atoms with Gasteiger partial charge in [0.15, 0.2) is 5.78 Å². The maximum absolute atomic E-state index is 11.8. The van der Waals surface area contributed by atoms with Crippen LogP contribution in [0.15, 0.2) is 27.6 Å². The van der Waals surface area contributed by atoms with Gasteiger partial charge in [0.25, 0.3) is 0 Å². The number of halogens is 1. The summed E-state index contributed by atoms with van der Waals surface area (Å²) in [6.07, 6.45) is 6.29. The molecule has 0 unspecified atom stereocenters. The van der Waals surface area contributed by atoms with Crippen molar-refractivity contribution in [3.05, 3.63) is 32.4 Å². The normalized spacial score (nSPS) is 15.6. The highest BCUT2D eigenvalue weighted by molar-refractivity contribution is 9.10. The van der Waals surface area contributed by atoms with Crippen molar-refractivity contribution >= 4 is 33.0 Å². The van der Waals surface area contributed by atoms with E-state index < -0.39 is 0 Å². The largest absolute Gasteiger partial charge is 0.293 e. The fourth-order valence-electron chi connectivity index (χ4n) is 1.68. The molecule has 0 radical (unpaired) electrons. The molecule has 0 spiro atoms. The van der Waals surface area contributed by atoms with Crippen molar-refractivity contribution in [1.29, 1.82) is 0 Å². The van der Waals surface area contributed by atoms with Crippen LogP contribution in [0, 0.1) is 0 Å². The van der Waals surface area contributed by atoms with Gasteiger partial charge < -0.3 is 0 Å². The molecule has 1 aliphatic carbocycles. The third kappa shape index (κ3) is 2.15. The number of rotatable bonds is 3. The van der Waals surface area contributed by atoms with Crippen LogP contribution in [0.1, 0.15) is 35.4 Å². The van der Waals surface area contributed by atoms with Gasteiger partial charge in [0.2, 0.25) is 0 Å². The first kappa shape index (κ1) is 10.1. The molecule has 0 aromatic carbocycles. The lowest BCUT2D eigenvalue weighted by molar-refractivity contribution is 0.0995. The number of ketones is 1. The SMILES string of the molecule is O=C(CC1=CCCC1)c1sccc1Br. The monoisotopic (exact) mass is 270 g/mol. The summed E-state index contributed by atoms with van der Waals surface area (Å²) >= 11 is 4.90. The molecule has 3 heteroatoms. The highest BCUT2D eigenvalue weighted by atomic mass is 79.9. The first-order valence-corrected chi connectivity index (χ1v) is 6.39. The Balaban J connectivity index is 2.06. The van der Waals surface area contributed by atoms with Crippen molar-refractivity contribution in [3.63, 3.8) is 0 Å². The van der Waals surface area contributed by atoms with Crippen molar-refractivity contribution < 1.29 is 4.79 Å². The van der Waals surface area contributed by atoms with E-state index in [0.29, 0.717) is 6.42 Å². The molecule has 0 bridgehead atoms. The number of Topliss-reactive ketones (excluding diaryl/α,β-unsaturated/α-hetero) is 1. The molecule has 0 amide bonds. The lowest BCUT2D eigenvalue weighted by Crippen LogP contribution is -1.97. The molecule has 0 atom stereocenters. The maximum Gasteiger partial charge on any atom is 0.177 e. The van der Waals surface area contributed by atoms with Crippen LogP contribution in [-0.2, 0) is 0 Å². The third-order valence-electron chi connectivity index (χ3n) is 2.39. The Kier molecular flexibility index (Phi) is 3.19. The first-order chi connectivity index (χ1) is 6.77. The molecule has 1 heterocycles. The molecule has 1 aromatic heterocycles. The van der Waals surface area contributed by atoms with E-state index in [1.807, 2.05) is 11.4 Å². The standard InChI is InChI=1S/C11H11BrOS/c12-9-5-6-14-11(9)10(13)7-8-3-1-2-4-8/h3,5-6H,1-2,4,7H2. The van der Waals surface area contributed by atoms with E-state index in [1.165, 1.54) is 23.3 Å². The Bertz CT molecular complexity index is 378. The molecule has 0 aliphatic heterocycles. The number of carbonyl (C=O) groups is 1. The van der Waals surface area contributed by atoms with E-state index in [2.05, 4.69) is 22.0 Å². The number of hydrogen-bond acceptors (Lipinski definition) is 2. The second-order valence-corrected chi connectivity index (χ2v) is 5.22. The fourth-order valence-corrected chi connectivity index (χ4v) is 3.21. The van der Waals surface area contributed by atoms with Gasteiger partial charge in [0.05, 0.1) is 4.88 Å². The van der Waals surface area contributed by atoms with E-state index in [-0.39, 0.29) is 5.78 Å². The van der Waals surface area contributed by atoms with Crippen LogP contribution in [0.25, 0.3) is 0 Å². The molecule has 0 saturated heterocycles. The molecular formula is C11H11BrOS. The average molecular weight is 271 g/mol. The second-order valence-electron chi connectivity index (χ2n) is 3.45. The van der Waals surface area contributed by atoms with Crippen LogP contribution in [0.2, 0.25) is 0 Å². The quantitative estimate of drug-likeness (QED) is 0.595. The predicted octanol–water partition coefficient (Wildman–Crippen LogP) is 4.19. The molecule has 0 N–H and O–H groups in total. The Labute approximate surface area is 96.0 Å². The summed E-state index contributed by atoms with van der Waals surface area (Å²) in [5.41, 5.74) is 1.32. The zero-order valence-corrected chi connectivity index (χ0v) is 10.2. The Morgan fingerprint density at radius 3 is 3.00 bits per heavy atom. The number of thiophene rings is 1. The highest BCUT2D eigenvalue weighted by Crippen LogP contribution is 2.28. The summed E-state index contributed by atoms with van der Waals surface area (Å²) < 4.78 is 0.936.